The van der Waals surface area contributed by atoms with Crippen LogP contribution in [0.25, 0.3) is 0 Å². The summed E-state index contributed by atoms with van der Waals surface area (Å²) in [6.07, 6.45) is -9.68. The highest BCUT2D eigenvalue weighted by Gasteiger charge is 2.36. The number of aryl methyl sites for hydroxylation is 1. The Morgan fingerprint density at radius 2 is 1.92 bits per heavy atom. The van der Waals surface area contributed by atoms with Gasteiger partial charge in [0.05, 0.1) is 23.7 Å². The minimum Gasteiger partial charge on any atom is -0.390 e. The van der Waals surface area contributed by atoms with Crippen LogP contribution in [0.1, 0.15) is 17.0 Å². The molecule has 1 aromatic heterocycles. The summed E-state index contributed by atoms with van der Waals surface area (Å²) in [5.74, 6) is -1.33. The number of hydrogen-bond acceptors (Lipinski definition) is 5. The van der Waals surface area contributed by atoms with Gasteiger partial charge < -0.3 is 9.32 Å². The molecule has 0 saturated carbocycles. The van der Waals surface area contributed by atoms with E-state index in [-0.39, 0.29) is 0 Å². The lowest BCUT2D eigenvalue weighted by Gasteiger charge is -2.25. The molecule has 0 radical (unpaired) electrons. The van der Waals surface area contributed by atoms with Gasteiger partial charge in [-0.05, 0) is 18.2 Å². The molecule has 0 atom stereocenters. The Bertz CT molecular complexity index is 891. The van der Waals surface area contributed by atoms with Gasteiger partial charge >= 0.3 is 18.1 Å². The molecule has 2 rings (SSSR count). The summed E-state index contributed by atoms with van der Waals surface area (Å²) in [6, 6.07) is 3.50. The van der Waals surface area contributed by atoms with Crippen LogP contribution in [0.4, 0.5) is 32.0 Å². The van der Waals surface area contributed by atoms with Gasteiger partial charge in [-0.25, -0.2) is 4.79 Å². The molecule has 0 amide bonds. The van der Waals surface area contributed by atoms with Crippen molar-refractivity contribution in [1.29, 1.82) is 5.26 Å². The van der Waals surface area contributed by atoms with E-state index in [0.29, 0.717) is 11.0 Å². The molecule has 1 aromatic carbocycles. The number of alkyl halides is 6. The number of hydrogen-bond donors (Lipinski definition) is 0. The Hall–Kier alpha value is -2.97. The van der Waals surface area contributed by atoms with E-state index in [0.717, 1.165) is 16.8 Å². The lowest BCUT2D eigenvalue weighted by atomic mass is 10.1. The molecule has 0 spiro atoms. The predicted octanol–water partition coefficient (Wildman–Crippen LogP) is 2.83. The van der Waals surface area contributed by atoms with Gasteiger partial charge in [-0.3, -0.25) is 0 Å². The largest absolute Gasteiger partial charge is 0.436 e. The third-order valence-corrected chi connectivity index (χ3v) is 3.22. The van der Waals surface area contributed by atoms with Gasteiger partial charge in [-0.15, -0.1) is 5.10 Å². The van der Waals surface area contributed by atoms with Crippen LogP contribution in [0.5, 0.6) is 0 Å². The Balaban J connectivity index is 2.48. The maximum Gasteiger partial charge on any atom is 0.436 e. The molecule has 2 aromatic rings. The molecule has 0 N–H and O–H groups in total. The summed E-state index contributed by atoms with van der Waals surface area (Å²) in [5, 5.41) is 12.3. The molecular formula is C14H10F6N4O2. The fourth-order valence-electron chi connectivity index (χ4n) is 2.14. The number of anilines is 1. The van der Waals surface area contributed by atoms with E-state index < -0.39 is 53.9 Å². The summed E-state index contributed by atoms with van der Waals surface area (Å²) in [6.45, 7) is -2.31. The van der Waals surface area contributed by atoms with E-state index in [1.165, 1.54) is 13.1 Å². The van der Waals surface area contributed by atoms with Crippen LogP contribution in [0.15, 0.2) is 27.4 Å². The van der Waals surface area contributed by atoms with Crippen molar-refractivity contribution in [3.8, 4) is 6.07 Å². The van der Waals surface area contributed by atoms with Crippen LogP contribution in [-0.4, -0.2) is 22.5 Å². The quantitative estimate of drug-likeness (QED) is 0.763. The fraction of sp³-hybridized carbons (Fsp3) is 0.357. The molecule has 0 aliphatic rings. The summed E-state index contributed by atoms with van der Waals surface area (Å²) < 4.78 is 82.9. The van der Waals surface area contributed by atoms with E-state index in [9.17, 15) is 31.1 Å². The number of halogens is 6. The van der Waals surface area contributed by atoms with Gasteiger partial charge in [0.2, 0.25) is 5.89 Å². The van der Waals surface area contributed by atoms with E-state index in [2.05, 4.69) is 9.52 Å². The number of aromatic nitrogens is 2. The zero-order chi connectivity index (χ0) is 19.7. The highest BCUT2D eigenvalue weighted by Crippen LogP contribution is 2.35. The molecule has 0 aliphatic carbocycles. The van der Waals surface area contributed by atoms with Gasteiger partial charge in [0, 0.05) is 12.7 Å². The molecular weight excluding hydrogens is 370 g/mol. The van der Waals surface area contributed by atoms with Crippen LogP contribution >= 0.6 is 0 Å². The molecule has 0 unspecified atom stereocenters. The van der Waals surface area contributed by atoms with E-state index in [1.807, 2.05) is 0 Å². The SMILES string of the molecule is Cn1nc(CN(CC(F)(F)F)c2ccc(C#N)c(C(F)(F)F)c2)oc1=O. The van der Waals surface area contributed by atoms with Crippen molar-refractivity contribution < 1.29 is 30.8 Å². The minimum absolute atomic E-state index is 0.403. The third-order valence-electron chi connectivity index (χ3n) is 3.22. The van der Waals surface area contributed by atoms with Crippen molar-refractivity contribution in [2.24, 2.45) is 7.05 Å². The summed E-state index contributed by atoms with van der Waals surface area (Å²) >= 11 is 0. The van der Waals surface area contributed by atoms with Crippen molar-refractivity contribution in [1.82, 2.24) is 9.78 Å². The highest BCUT2D eigenvalue weighted by molar-refractivity contribution is 5.55. The smallest absolute Gasteiger partial charge is 0.390 e. The Labute approximate surface area is 141 Å². The standard InChI is InChI=1S/C14H10F6N4O2/c1-23-12(25)26-11(22-23)6-24(7-13(15,16)17)9-3-2-8(5-21)10(4-9)14(18,19)20/h2-4H,6-7H2,1H3. The van der Waals surface area contributed by atoms with Gasteiger partial charge in [0.25, 0.3) is 0 Å². The molecule has 12 heteroatoms. The van der Waals surface area contributed by atoms with Crippen LogP contribution in [0.2, 0.25) is 0 Å². The summed E-state index contributed by atoms with van der Waals surface area (Å²) in [7, 11) is 1.20. The monoisotopic (exact) mass is 380 g/mol. The summed E-state index contributed by atoms with van der Waals surface area (Å²) in [5.41, 5.74) is -2.55. The first kappa shape index (κ1) is 19.4. The predicted molar refractivity (Wildman–Crippen MR) is 75.0 cm³/mol. The molecule has 1 heterocycles. The number of rotatable bonds is 4. The molecule has 6 nitrogen and oxygen atoms in total. The van der Waals surface area contributed by atoms with Gasteiger partial charge in [0.15, 0.2) is 0 Å². The topological polar surface area (TPSA) is 75.1 Å². The van der Waals surface area contributed by atoms with Gasteiger partial charge in [-0.1, -0.05) is 0 Å². The van der Waals surface area contributed by atoms with Crippen molar-refractivity contribution in [2.45, 2.75) is 18.9 Å². The second-order valence-corrected chi connectivity index (χ2v) is 5.20. The number of nitriles is 1. The minimum atomic E-state index is -4.93. The van der Waals surface area contributed by atoms with Crippen molar-refractivity contribution in [3.05, 3.63) is 45.8 Å². The average Bonchev–Trinajstić information content (AvgIpc) is 2.81. The molecule has 140 valence electrons. The first-order chi connectivity index (χ1) is 11.9. The number of benzene rings is 1. The lowest BCUT2D eigenvalue weighted by Crippen LogP contribution is -2.34. The maximum atomic E-state index is 13.0. The lowest BCUT2D eigenvalue weighted by molar-refractivity contribution is -0.137. The van der Waals surface area contributed by atoms with E-state index in [1.54, 1.807) is 0 Å². The Morgan fingerprint density at radius 3 is 2.38 bits per heavy atom. The van der Waals surface area contributed by atoms with Crippen LogP contribution < -0.4 is 10.7 Å². The third kappa shape index (κ3) is 4.56. The van der Waals surface area contributed by atoms with Crippen LogP contribution in [0, 0.1) is 11.3 Å². The first-order valence-electron chi connectivity index (χ1n) is 6.87. The van der Waals surface area contributed by atoms with Crippen molar-refractivity contribution in [2.75, 3.05) is 11.4 Å². The van der Waals surface area contributed by atoms with Gasteiger partial charge in [-0.2, -0.15) is 36.3 Å². The zero-order valence-electron chi connectivity index (χ0n) is 13.0. The maximum absolute atomic E-state index is 13.0. The molecule has 0 fully saturated rings. The van der Waals surface area contributed by atoms with Crippen molar-refractivity contribution in [3.63, 3.8) is 0 Å². The molecule has 26 heavy (non-hydrogen) atoms. The number of nitrogens with zero attached hydrogens (tertiary/aromatic N) is 4. The molecule has 0 aliphatic heterocycles. The highest BCUT2D eigenvalue weighted by atomic mass is 19.4. The first-order valence-corrected chi connectivity index (χ1v) is 6.87. The summed E-state index contributed by atoms with van der Waals surface area (Å²) in [4.78, 5) is 11.7. The van der Waals surface area contributed by atoms with Crippen molar-refractivity contribution >= 4 is 5.69 Å². The van der Waals surface area contributed by atoms with Crippen LogP contribution in [0.3, 0.4) is 0 Å². The second kappa shape index (κ2) is 6.74. The zero-order valence-corrected chi connectivity index (χ0v) is 13.0. The molecule has 0 bridgehead atoms. The Morgan fingerprint density at radius 1 is 1.27 bits per heavy atom. The van der Waals surface area contributed by atoms with Crippen LogP contribution in [-0.2, 0) is 19.8 Å². The van der Waals surface area contributed by atoms with E-state index in [4.69, 9.17) is 5.26 Å². The fourth-order valence-corrected chi connectivity index (χ4v) is 2.14. The van der Waals surface area contributed by atoms with Gasteiger partial charge in [0.1, 0.15) is 6.54 Å². The normalized spacial score (nSPS) is 12.1. The van der Waals surface area contributed by atoms with E-state index >= 15 is 0 Å². The average molecular weight is 380 g/mol. The Kier molecular flexibility index (Phi) is 5.02. The second-order valence-electron chi connectivity index (χ2n) is 5.20. The molecule has 0 saturated heterocycles.